The highest BCUT2D eigenvalue weighted by molar-refractivity contribution is 5.19. The van der Waals surface area contributed by atoms with Crippen LogP contribution in [-0.2, 0) is 6.42 Å². The molecule has 3 atom stereocenters. The van der Waals surface area contributed by atoms with Crippen molar-refractivity contribution < 1.29 is 13.9 Å². The van der Waals surface area contributed by atoms with Crippen molar-refractivity contribution in [2.75, 3.05) is 13.6 Å². The quantitative estimate of drug-likeness (QED) is 0.753. The van der Waals surface area contributed by atoms with Crippen molar-refractivity contribution in [3.05, 3.63) is 35.4 Å². The molecule has 1 saturated heterocycles. The molecular formula is C14H20F2N2O. The Morgan fingerprint density at radius 3 is 2.58 bits per heavy atom. The van der Waals surface area contributed by atoms with E-state index in [0.29, 0.717) is 12.0 Å². The van der Waals surface area contributed by atoms with Gasteiger partial charge in [-0.1, -0.05) is 0 Å². The van der Waals surface area contributed by atoms with Crippen molar-refractivity contribution in [3.8, 4) is 0 Å². The summed E-state index contributed by atoms with van der Waals surface area (Å²) in [6, 6.07) is 3.30. The lowest BCUT2D eigenvalue weighted by atomic mass is 9.95. The topological polar surface area (TPSA) is 44.3 Å². The summed E-state index contributed by atoms with van der Waals surface area (Å²) in [5.74, 6) is -1.17. The molecule has 0 amide bonds. The molecule has 2 rings (SSSR count). The van der Waals surface area contributed by atoms with Crippen LogP contribution in [0.25, 0.3) is 0 Å². The normalized spacial score (nSPS) is 22.4. The molecule has 1 aliphatic rings. The van der Waals surface area contributed by atoms with E-state index >= 15 is 0 Å². The third-order valence-corrected chi connectivity index (χ3v) is 3.67. The van der Waals surface area contributed by atoms with Crippen molar-refractivity contribution in [2.24, 2.45) is 0 Å². The molecule has 0 spiro atoms. The zero-order chi connectivity index (χ0) is 13.8. The van der Waals surface area contributed by atoms with Crippen LogP contribution in [0.15, 0.2) is 18.2 Å². The van der Waals surface area contributed by atoms with Crippen LogP contribution in [0.4, 0.5) is 8.78 Å². The number of likely N-dealkylation sites (N-methyl/N-ethyl adjacent to an activating group) is 1. The Balaban J connectivity index is 2.05. The Labute approximate surface area is 112 Å². The zero-order valence-electron chi connectivity index (χ0n) is 11.0. The van der Waals surface area contributed by atoms with Gasteiger partial charge in [-0.05, 0) is 50.6 Å². The fourth-order valence-electron chi connectivity index (χ4n) is 2.66. The fourth-order valence-corrected chi connectivity index (χ4v) is 2.66. The third kappa shape index (κ3) is 3.72. The second kappa shape index (κ2) is 6.41. The summed E-state index contributed by atoms with van der Waals surface area (Å²) in [7, 11) is 1.75. The van der Waals surface area contributed by atoms with Gasteiger partial charge < -0.3 is 15.7 Å². The summed E-state index contributed by atoms with van der Waals surface area (Å²) in [6.07, 6.45) is 1.80. The molecule has 0 aliphatic carbocycles. The highest BCUT2D eigenvalue weighted by atomic mass is 19.1. The standard InChI is InChI=1S/C14H20F2N2O/c1-17-13(14(19)12-3-2-4-18-12)7-9-5-10(15)8-11(16)6-9/h5-6,8,12-14,17-19H,2-4,7H2,1H3. The second-order valence-corrected chi connectivity index (χ2v) is 5.07. The molecule has 1 aromatic rings. The summed E-state index contributed by atoms with van der Waals surface area (Å²) < 4.78 is 26.3. The minimum atomic E-state index is -0.585. The maximum absolute atomic E-state index is 13.1. The Hall–Kier alpha value is -1.04. The monoisotopic (exact) mass is 270 g/mol. The van der Waals surface area contributed by atoms with Crippen molar-refractivity contribution in [3.63, 3.8) is 0 Å². The molecule has 19 heavy (non-hydrogen) atoms. The molecule has 0 radical (unpaired) electrons. The molecule has 0 bridgehead atoms. The average Bonchev–Trinajstić information content (AvgIpc) is 2.87. The molecule has 106 valence electrons. The van der Waals surface area contributed by atoms with Gasteiger partial charge in [-0.25, -0.2) is 8.78 Å². The van der Waals surface area contributed by atoms with Crippen molar-refractivity contribution in [1.29, 1.82) is 0 Å². The summed E-state index contributed by atoms with van der Waals surface area (Å²) in [4.78, 5) is 0. The Morgan fingerprint density at radius 2 is 2.05 bits per heavy atom. The van der Waals surface area contributed by atoms with Gasteiger partial charge in [0.1, 0.15) is 11.6 Å². The van der Waals surface area contributed by atoms with Gasteiger partial charge in [0, 0.05) is 18.2 Å². The van der Waals surface area contributed by atoms with E-state index in [-0.39, 0.29) is 12.1 Å². The van der Waals surface area contributed by atoms with E-state index in [0.717, 1.165) is 25.5 Å². The lowest BCUT2D eigenvalue weighted by molar-refractivity contribution is 0.0963. The molecule has 1 fully saturated rings. The highest BCUT2D eigenvalue weighted by Crippen LogP contribution is 2.16. The first-order valence-electron chi connectivity index (χ1n) is 6.64. The van der Waals surface area contributed by atoms with E-state index < -0.39 is 17.7 Å². The predicted octanol–water partition coefficient (Wildman–Crippen LogP) is 1.21. The third-order valence-electron chi connectivity index (χ3n) is 3.67. The van der Waals surface area contributed by atoms with Crippen LogP contribution < -0.4 is 10.6 Å². The van der Waals surface area contributed by atoms with Crippen LogP contribution in [0.3, 0.4) is 0 Å². The number of aliphatic hydroxyl groups excluding tert-OH is 1. The predicted molar refractivity (Wildman–Crippen MR) is 69.9 cm³/mol. The lowest BCUT2D eigenvalue weighted by Gasteiger charge is -2.27. The van der Waals surface area contributed by atoms with Gasteiger partial charge in [-0.3, -0.25) is 0 Å². The van der Waals surface area contributed by atoms with Crippen molar-refractivity contribution in [1.82, 2.24) is 10.6 Å². The SMILES string of the molecule is CNC(Cc1cc(F)cc(F)c1)C(O)C1CCCN1. The highest BCUT2D eigenvalue weighted by Gasteiger charge is 2.29. The molecule has 0 aromatic heterocycles. The summed E-state index contributed by atoms with van der Waals surface area (Å²) >= 11 is 0. The van der Waals surface area contributed by atoms with Crippen LogP contribution in [0, 0.1) is 11.6 Å². The van der Waals surface area contributed by atoms with Gasteiger partial charge in [0.2, 0.25) is 0 Å². The molecule has 1 aliphatic heterocycles. The molecule has 1 aromatic carbocycles. The molecule has 0 saturated carbocycles. The van der Waals surface area contributed by atoms with Crippen molar-refractivity contribution >= 4 is 0 Å². The Bertz CT molecular complexity index is 402. The first-order valence-corrected chi connectivity index (χ1v) is 6.64. The van der Waals surface area contributed by atoms with E-state index in [4.69, 9.17) is 0 Å². The largest absolute Gasteiger partial charge is 0.390 e. The Kier molecular flexibility index (Phi) is 4.85. The van der Waals surface area contributed by atoms with Crippen LogP contribution in [0.2, 0.25) is 0 Å². The molecule has 3 N–H and O–H groups in total. The van der Waals surface area contributed by atoms with Gasteiger partial charge in [0.05, 0.1) is 6.10 Å². The van der Waals surface area contributed by atoms with Gasteiger partial charge in [0.15, 0.2) is 0 Å². The van der Waals surface area contributed by atoms with Crippen LogP contribution >= 0.6 is 0 Å². The molecule has 1 heterocycles. The number of benzene rings is 1. The van der Waals surface area contributed by atoms with E-state index in [1.807, 2.05) is 0 Å². The van der Waals surface area contributed by atoms with Gasteiger partial charge in [-0.15, -0.1) is 0 Å². The van der Waals surface area contributed by atoms with Gasteiger partial charge >= 0.3 is 0 Å². The summed E-state index contributed by atoms with van der Waals surface area (Å²) in [5, 5.41) is 16.6. The van der Waals surface area contributed by atoms with Crippen LogP contribution in [0.1, 0.15) is 18.4 Å². The molecular weight excluding hydrogens is 250 g/mol. The second-order valence-electron chi connectivity index (χ2n) is 5.07. The van der Waals surface area contributed by atoms with Crippen molar-refractivity contribution in [2.45, 2.75) is 37.5 Å². The number of halogens is 2. The fraction of sp³-hybridized carbons (Fsp3) is 0.571. The van der Waals surface area contributed by atoms with E-state index in [2.05, 4.69) is 10.6 Å². The maximum Gasteiger partial charge on any atom is 0.126 e. The van der Waals surface area contributed by atoms with E-state index in [1.54, 1.807) is 7.05 Å². The molecule has 3 unspecified atom stereocenters. The smallest absolute Gasteiger partial charge is 0.126 e. The maximum atomic E-state index is 13.1. The minimum absolute atomic E-state index is 0.0517. The summed E-state index contributed by atoms with van der Waals surface area (Å²) in [6.45, 7) is 0.909. The Morgan fingerprint density at radius 1 is 1.37 bits per heavy atom. The number of aliphatic hydroxyl groups is 1. The first kappa shape index (κ1) is 14.4. The zero-order valence-corrected chi connectivity index (χ0v) is 11.0. The van der Waals surface area contributed by atoms with Crippen LogP contribution in [-0.4, -0.2) is 36.9 Å². The van der Waals surface area contributed by atoms with E-state index in [9.17, 15) is 13.9 Å². The van der Waals surface area contributed by atoms with Gasteiger partial charge in [0.25, 0.3) is 0 Å². The molecule has 3 nitrogen and oxygen atoms in total. The summed E-state index contributed by atoms with van der Waals surface area (Å²) in [5.41, 5.74) is 0.550. The van der Waals surface area contributed by atoms with Gasteiger partial charge in [-0.2, -0.15) is 0 Å². The van der Waals surface area contributed by atoms with Crippen LogP contribution in [0.5, 0.6) is 0 Å². The number of hydrogen-bond acceptors (Lipinski definition) is 3. The minimum Gasteiger partial charge on any atom is -0.390 e. The average molecular weight is 270 g/mol. The molecule has 5 heteroatoms. The first-order chi connectivity index (χ1) is 9.10. The lowest BCUT2D eigenvalue weighted by Crippen LogP contribution is -2.49. The number of hydrogen-bond donors (Lipinski definition) is 3. The number of rotatable bonds is 5. The van der Waals surface area contributed by atoms with E-state index in [1.165, 1.54) is 12.1 Å². The number of nitrogens with one attached hydrogen (secondary N) is 2.